The molecule has 0 atom stereocenters. The highest BCUT2D eigenvalue weighted by molar-refractivity contribution is 5.83. The van der Waals surface area contributed by atoms with Crippen molar-refractivity contribution in [1.82, 2.24) is 9.97 Å². The van der Waals surface area contributed by atoms with E-state index in [1.807, 2.05) is 18.2 Å². The summed E-state index contributed by atoms with van der Waals surface area (Å²) in [4.78, 5) is 18.4. The molecular formula is C20H25N5O3. The zero-order valence-corrected chi connectivity index (χ0v) is 15.8. The van der Waals surface area contributed by atoms with Crippen LogP contribution in [0.2, 0.25) is 0 Å². The van der Waals surface area contributed by atoms with Crippen LogP contribution in [0.25, 0.3) is 0 Å². The molecule has 1 aromatic carbocycles. The van der Waals surface area contributed by atoms with E-state index in [4.69, 9.17) is 19.4 Å². The summed E-state index contributed by atoms with van der Waals surface area (Å²) in [6.45, 7) is 6.42. The quantitative estimate of drug-likeness (QED) is 0.783. The predicted octanol–water partition coefficient (Wildman–Crippen LogP) is 1.47. The summed E-state index contributed by atoms with van der Waals surface area (Å²) in [6, 6.07) is 9.15. The third-order valence-electron chi connectivity index (χ3n) is 4.80. The second-order valence-corrected chi connectivity index (χ2v) is 6.74. The lowest BCUT2D eigenvalue weighted by Gasteiger charge is -2.31. The summed E-state index contributed by atoms with van der Waals surface area (Å²) < 4.78 is 10.9. The number of phenols is 1. The Morgan fingerprint density at radius 3 is 2.36 bits per heavy atom. The Morgan fingerprint density at radius 1 is 0.964 bits per heavy atom. The van der Waals surface area contributed by atoms with E-state index in [-0.39, 0.29) is 5.75 Å². The topological polar surface area (TPSA) is 83.3 Å². The van der Waals surface area contributed by atoms with Crippen LogP contribution in [0.15, 0.2) is 35.3 Å². The van der Waals surface area contributed by atoms with Gasteiger partial charge in [0.1, 0.15) is 11.6 Å². The van der Waals surface area contributed by atoms with Gasteiger partial charge in [0.05, 0.1) is 38.7 Å². The van der Waals surface area contributed by atoms with Gasteiger partial charge < -0.3 is 24.4 Å². The molecule has 2 saturated heterocycles. The van der Waals surface area contributed by atoms with Crippen LogP contribution in [0.5, 0.6) is 5.75 Å². The Labute approximate surface area is 164 Å². The van der Waals surface area contributed by atoms with Crippen molar-refractivity contribution in [1.29, 1.82) is 0 Å². The second-order valence-electron chi connectivity index (χ2n) is 6.74. The number of hydrogen-bond donors (Lipinski definition) is 1. The monoisotopic (exact) mass is 383 g/mol. The van der Waals surface area contributed by atoms with E-state index in [1.165, 1.54) is 0 Å². The molecule has 1 aromatic heterocycles. The molecule has 0 radical (unpaired) electrons. The van der Waals surface area contributed by atoms with Gasteiger partial charge in [-0.3, -0.25) is 4.99 Å². The first-order valence-corrected chi connectivity index (χ1v) is 9.61. The molecule has 28 heavy (non-hydrogen) atoms. The largest absolute Gasteiger partial charge is 0.507 e. The summed E-state index contributed by atoms with van der Waals surface area (Å²) in [5, 5.41) is 9.88. The molecule has 8 nitrogen and oxygen atoms in total. The van der Waals surface area contributed by atoms with Gasteiger partial charge in [0.25, 0.3) is 0 Å². The molecule has 8 heteroatoms. The molecule has 0 aliphatic carbocycles. The van der Waals surface area contributed by atoms with Crippen LogP contribution in [0, 0.1) is 0 Å². The zero-order chi connectivity index (χ0) is 19.2. The van der Waals surface area contributed by atoms with Crippen LogP contribution in [0.1, 0.15) is 11.3 Å². The van der Waals surface area contributed by atoms with Crippen molar-refractivity contribution in [2.45, 2.75) is 6.54 Å². The van der Waals surface area contributed by atoms with E-state index in [0.717, 1.165) is 43.6 Å². The lowest BCUT2D eigenvalue weighted by molar-refractivity contribution is 0.121. The predicted molar refractivity (Wildman–Crippen MR) is 108 cm³/mol. The third-order valence-corrected chi connectivity index (χ3v) is 4.80. The van der Waals surface area contributed by atoms with E-state index in [1.54, 1.807) is 18.3 Å². The molecule has 148 valence electrons. The minimum absolute atomic E-state index is 0.219. The Hall–Kier alpha value is -2.71. The third kappa shape index (κ3) is 4.58. The van der Waals surface area contributed by atoms with Crippen LogP contribution < -0.4 is 9.80 Å². The van der Waals surface area contributed by atoms with Crippen LogP contribution in [-0.4, -0.2) is 73.9 Å². The fraction of sp³-hybridized carbons (Fsp3) is 0.450. The van der Waals surface area contributed by atoms with Gasteiger partial charge in [0, 0.05) is 44.0 Å². The summed E-state index contributed by atoms with van der Waals surface area (Å²) in [5.41, 5.74) is 1.54. The lowest BCUT2D eigenvalue weighted by atomic mass is 10.2. The van der Waals surface area contributed by atoms with Gasteiger partial charge in [-0.1, -0.05) is 12.1 Å². The number of benzene rings is 1. The first-order chi connectivity index (χ1) is 13.8. The maximum atomic E-state index is 9.88. The summed E-state index contributed by atoms with van der Waals surface area (Å²) in [7, 11) is 0. The number of rotatable bonds is 5. The van der Waals surface area contributed by atoms with E-state index in [2.05, 4.69) is 14.8 Å². The molecule has 4 rings (SSSR count). The van der Waals surface area contributed by atoms with Gasteiger partial charge in [-0.2, -0.15) is 4.98 Å². The van der Waals surface area contributed by atoms with E-state index in [0.29, 0.717) is 38.5 Å². The fourth-order valence-corrected chi connectivity index (χ4v) is 3.24. The highest BCUT2D eigenvalue weighted by Crippen LogP contribution is 2.20. The maximum absolute atomic E-state index is 9.88. The lowest BCUT2D eigenvalue weighted by Crippen LogP contribution is -2.39. The number of aliphatic imine (C=N–C) groups is 1. The first-order valence-electron chi connectivity index (χ1n) is 9.61. The van der Waals surface area contributed by atoms with Crippen LogP contribution >= 0.6 is 0 Å². The van der Waals surface area contributed by atoms with E-state index >= 15 is 0 Å². The van der Waals surface area contributed by atoms with Crippen molar-refractivity contribution in [2.75, 3.05) is 62.4 Å². The molecule has 1 N–H and O–H groups in total. The van der Waals surface area contributed by atoms with Crippen molar-refractivity contribution >= 4 is 18.0 Å². The number of morpholine rings is 2. The number of nitrogens with zero attached hydrogens (tertiary/aromatic N) is 5. The summed E-state index contributed by atoms with van der Waals surface area (Å²) in [6.07, 6.45) is 1.68. The SMILES string of the molecule is Oc1ccccc1C=NCc1cc(N2CCOCC2)nc(N2CCOCC2)n1. The zero-order valence-electron chi connectivity index (χ0n) is 15.8. The standard InChI is InChI=1S/C20H25N5O3/c26-18-4-2-1-3-16(18)14-21-15-17-13-19(24-5-9-27-10-6-24)23-20(22-17)25-7-11-28-12-8-25/h1-4,13-14,26H,5-12,15H2. The molecule has 0 spiro atoms. The van der Waals surface area contributed by atoms with Gasteiger partial charge in [-0.05, 0) is 12.1 Å². The highest BCUT2D eigenvalue weighted by Gasteiger charge is 2.19. The fourth-order valence-electron chi connectivity index (χ4n) is 3.24. The minimum atomic E-state index is 0.219. The normalized spacial score (nSPS) is 18.0. The Bertz CT molecular complexity index is 781. The highest BCUT2D eigenvalue weighted by atomic mass is 16.5. The maximum Gasteiger partial charge on any atom is 0.227 e. The molecular weight excluding hydrogens is 358 g/mol. The summed E-state index contributed by atoms with van der Waals surface area (Å²) >= 11 is 0. The van der Waals surface area contributed by atoms with Crippen molar-refractivity contribution in [3.63, 3.8) is 0 Å². The molecule has 2 aliphatic rings. The van der Waals surface area contributed by atoms with Crippen molar-refractivity contribution in [2.24, 2.45) is 4.99 Å². The number of anilines is 2. The van der Waals surface area contributed by atoms with Gasteiger partial charge >= 0.3 is 0 Å². The number of para-hydroxylation sites is 1. The molecule has 0 bridgehead atoms. The number of ether oxygens (including phenoxy) is 2. The van der Waals surface area contributed by atoms with E-state index < -0.39 is 0 Å². The number of phenolic OH excluding ortho intramolecular Hbond substituents is 1. The minimum Gasteiger partial charge on any atom is -0.507 e. The van der Waals surface area contributed by atoms with Gasteiger partial charge in [0.2, 0.25) is 5.95 Å². The van der Waals surface area contributed by atoms with Crippen LogP contribution in [0.3, 0.4) is 0 Å². The van der Waals surface area contributed by atoms with Crippen LogP contribution in [0.4, 0.5) is 11.8 Å². The molecule has 2 aromatic rings. The molecule has 0 amide bonds. The van der Waals surface area contributed by atoms with Gasteiger partial charge in [-0.15, -0.1) is 0 Å². The Morgan fingerprint density at radius 2 is 1.64 bits per heavy atom. The average Bonchev–Trinajstić information content (AvgIpc) is 2.76. The molecule has 2 aliphatic heterocycles. The van der Waals surface area contributed by atoms with Crippen LogP contribution in [-0.2, 0) is 16.0 Å². The van der Waals surface area contributed by atoms with Gasteiger partial charge in [-0.25, -0.2) is 4.98 Å². The average molecular weight is 383 g/mol. The van der Waals surface area contributed by atoms with Gasteiger partial charge in [0.15, 0.2) is 0 Å². The molecule has 0 unspecified atom stereocenters. The van der Waals surface area contributed by atoms with Crippen molar-refractivity contribution < 1.29 is 14.6 Å². The smallest absolute Gasteiger partial charge is 0.227 e. The molecule has 3 heterocycles. The van der Waals surface area contributed by atoms with Crippen molar-refractivity contribution in [3.05, 3.63) is 41.6 Å². The number of hydrogen-bond acceptors (Lipinski definition) is 8. The van der Waals surface area contributed by atoms with Crippen molar-refractivity contribution in [3.8, 4) is 5.75 Å². The first kappa shape index (κ1) is 18.6. The summed E-state index contributed by atoms with van der Waals surface area (Å²) in [5.74, 6) is 1.85. The number of aromatic hydroxyl groups is 1. The Kier molecular flexibility index (Phi) is 5.98. The molecule has 2 fully saturated rings. The molecule has 0 saturated carbocycles. The van der Waals surface area contributed by atoms with E-state index in [9.17, 15) is 5.11 Å². The second kappa shape index (κ2) is 8.99. The Balaban J connectivity index is 1.56. The number of aromatic nitrogens is 2.